The zero-order chi connectivity index (χ0) is 8.15. The van der Waals surface area contributed by atoms with Crippen LogP contribution in [0, 0.1) is 0 Å². The molecule has 0 amide bonds. The molecule has 0 aromatic heterocycles. The third-order valence-electron chi connectivity index (χ3n) is 0.826. The van der Waals surface area contributed by atoms with Crippen LogP contribution in [0.1, 0.15) is 6.42 Å². The van der Waals surface area contributed by atoms with Gasteiger partial charge < -0.3 is 20.6 Å². The molecule has 0 rings (SSSR count). The van der Waals surface area contributed by atoms with E-state index < -0.39 is 20.0 Å². The predicted octanol–water partition coefficient (Wildman–Crippen LogP) is -2.38. The Morgan fingerprint density at radius 2 is 2.30 bits per heavy atom. The molecular weight excluding hydrogens is 157 g/mol. The van der Waals surface area contributed by atoms with Crippen molar-refractivity contribution < 1.29 is 19.7 Å². The molecule has 58 valence electrons. The predicted molar refractivity (Wildman–Crippen MR) is 33.2 cm³/mol. The number of carboxylic acid groups (broad SMARTS) is 1. The number of carboxylic acids is 1. The highest BCUT2D eigenvalue weighted by Crippen LogP contribution is 1.94. The molecule has 0 aromatic carbocycles. The summed E-state index contributed by atoms with van der Waals surface area (Å²) in [6.45, 7) is 0. The molecule has 0 bridgehead atoms. The SMILES string of the molecule is NC(CC=[P+]([O-])[O-])C(=O)O. The second-order valence-corrected chi connectivity index (χ2v) is 2.58. The van der Waals surface area contributed by atoms with Crippen LogP contribution in [-0.4, -0.2) is 22.9 Å². The molecule has 10 heavy (non-hydrogen) atoms. The molecule has 0 aliphatic heterocycles. The summed E-state index contributed by atoms with van der Waals surface area (Å²) < 4.78 is 0. The molecule has 0 radical (unpaired) electrons. The Morgan fingerprint density at radius 3 is 2.60 bits per heavy atom. The van der Waals surface area contributed by atoms with Crippen LogP contribution < -0.4 is 15.5 Å². The second-order valence-electron chi connectivity index (χ2n) is 1.65. The summed E-state index contributed by atoms with van der Waals surface area (Å²) in [6, 6.07) is -1.12. The van der Waals surface area contributed by atoms with E-state index in [4.69, 9.17) is 10.8 Å². The van der Waals surface area contributed by atoms with Crippen LogP contribution in [0.4, 0.5) is 0 Å². The maximum Gasteiger partial charge on any atom is 0.320 e. The molecule has 0 fully saturated rings. The lowest BCUT2D eigenvalue weighted by atomic mass is 10.2. The van der Waals surface area contributed by atoms with Gasteiger partial charge in [0.1, 0.15) is 6.04 Å². The van der Waals surface area contributed by atoms with Gasteiger partial charge in [0, 0.05) is 6.42 Å². The van der Waals surface area contributed by atoms with E-state index in [1.165, 1.54) is 0 Å². The standard InChI is InChI=1S/C4H8NO4P/c5-3(4(6)7)1-2-10(8)9/h2-3H,1,5H2,(H,6,7)(H,8,9)/p-1. The highest BCUT2D eigenvalue weighted by molar-refractivity contribution is 7.42. The minimum absolute atomic E-state index is 0.145. The van der Waals surface area contributed by atoms with Crippen molar-refractivity contribution in [1.82, 2.24) is 0 Å². The van der Waals surface area contributed by atoms with E-state index in [0.717, 1.165) is 5.80 Å². The Hall–Kier alpha value is -0.480. The number of nitrogens with two attached hydrogens (primary N) is 1. The van der Waals surface area contributed by atoms with Crippen LogP contribution >= 0.6 is 8.00 Å². The summed E-state index contributed by atoms with van der Waals surface area (Å²) in [5, 5.41) is 8.15. The lowest BCUT2D eigenvalue weighted by Crippen LogP contribution is -2.30. The van der Waals surface area contributed by atoms with Crippen LogP contribution in [0.25, 0.3) is 0 Å². The molecule has 0 spiro atoms. The number of rotatable bonds is 3. The molecule has 0 aromatic rings. The van der Waals surface area contributed by atoms with Crippen LogP contribution in [0.2, 0.25) is 0 Å². The molecule has 0 heterocycles. The minimum atomic E-state index is -2.63. The highest BCUT2D eigenvalue weighted by Gasteiger charge is 2.09. The van der Waals surface area contributed by atoms with Crippen LogP contribution in [0.5, 0.6) is 0 Å². The van der Waals surface area contributed by atoms with Gasteiger partial charge in [-0.3, -0.25) is 4.79 Å². The summed E-state index contributed by atoms with van der Waals surface area (Å²) in [5.41, 5.74) is 4.97. The summed E-state index contributed by atoms with van der Waals surface area (Å²) in [4.78, 5) is 29.7. The first kappa shape index (κ1) is 9.52. The normalized spacial score (nSPS) is 12.3. The second kappa shape index (κ2) is 4.35. The van der Waals surface area contributed by atoms with Gasteiger partial charge in [-0.15, -0.1) is 0 Å². The van der Waals surface area contributed by atoms with E-state index in [0.29, 0.717) is 0 Å². The molecule has 0 saturated heterocycles. The third kappa shape index (κ3) is 4.40. The first-order valence-electron chi connectivity index (χ1n) is 2.49. The van der Waals surface area contributed by atoms with E-state index in [2.05, 4.69) is 0 Å². The molecular formula is C4H7NO4P-. The van der Waals surface area contributed by atoms with Gasteiger partial charge in [-0.1, -0.05) is 0 Å². The number of hydrogen-bond donors (Lipinski definition) is 2. The maximum absolute atomic E-state index is 9.97. The Kier molecular flexibility index (Phi) is 4.14. The smallest absolute Gasteiger partial charge is 0.320 e. The minimum Gasteiger partial charge on any atom is -0.634 e. The molecule has 1 atom stereocenters. The largest absolute Gasteiger partial charge is 0.634 e. The van der Waals surface area contributed by atoms with Crippen LogP contribution in [-0.2, 0) is 4.79 Å². The molecule has 0 aliphatic rings. The fourth-order valence-electron chi connectivity index (χ4n) is 0.300. The molecule has 1 unspecified atom stereocenters. The van der Waals surface area contributed by atoms with Crippen molar-refractivity contribution >= 4 is 19.8 Å². The van der Waals surface area contributed by atoms with Crippen molar-refractivity contribution in [3.8, 4) is 0 Å². The molecule has 0 saturated carbocycles. The summed E-state index contributed by atoms with van der Waals surface area (Å²) in [7, 11) is -2.63. The monoisotopic (exact) mass is 164 g/mol. The number of hydrogen-bond acceptors (Lipinski definition) is 4. The Labute approximate surface area is 58.6 Å². The molecule has 0 aliphatic carbocycles. The summed E-state index contributed by atoms with van der Waals surface area (Å²) in [6.07, 6.45) is -0.145. The average molecular weight is 164 g/mol. The zero-order valence-corrected chi connectivity index (χ0v) is 5.95. The number of aliphatic carboxylic acids is 1. The van der Waals surface area contributed by atoms with Gasteiger partial charge in [0.15, 0.2) is 0 Å². The zero-order valence-electron chi connectivity index (χ0n) is 5.06. The lowest BCUT2D eigenvalue weighted by Gasteiger charge is -2.01. The van der Waals surface area contributed by atoms with Crippen molar-refractivity contribution in [2.24, 2.45) is 5.73 Å². The third-order valence-corrected chi connectivity index (χ3v) is 1.33. The van der Waals surface area contributed by atoms with Crippen LogP contribution in [0.3, 0.4) is 0 Å². The van der Waals surface area contributed by atoms with Crippen molar-refractivity contribution in [1.29, 1.82) is 0 Å². The fraction of sp³-hybridized carbons (Fsp3) is 0.500. The van der Waals surface area contributed by atoms with Gasteiger partial charge in [-0.2, -0.15) is 0 Å². The summed E-state index contributed by atoms with van der Waals surface area (Å²) >= 11 is 0. The Balaban J connectivity index is 3.70. The van der Waals surface area contributed by atoms with E-state index in [1.54, 1.807) is 0 Å². The molecule has 3 N–H and O–H groups in total. The van der Waals surface area contributed by atoms with Crippen molar-refractivity contribution in [2.45, 2.75) is 12.5 Å². The maximum atomic E-state index is 9.97. The summed E-state index contributed by atoms with van der Waals surface area (Å²) in [5.74, 6) is -0.346. The van der Waals surface area contributed by atoms with Gasteiger partial charge in [0.25, 0.3) is 0 Å². The van der Waals surface area contributed by atoms with Gasteiger partial charge in [0.2, 0.25) is 0 Å². The van der Waals surface area contributed by atoms with Gasteiger partial charge >= 0.3 is 5.97 Å². The van der Waals surface area contributed by atoms with Crippen molar-refractivity contribution in [2.75, 3.05) is 0 Å². The van der Waals surface area contributed by atoms with Gasteiger partial charge in [-0.05, 0) is 8.00 Å². The Morgan fingerprint density at radius 1 is 1.80 bits per heavy atom. The van der Waals surface area contributed by atoms with Gasteiger partial charge in [-0.25, -0.2) is 0 Å². The van der Waals surface area contributed by atoms with E-state index >= 15 is 0 Å². The average Bonchev–Trinajstić information content (AvgIpc) is 1.82. The van der Waals surface area contributed by atoms with Crippen molar-refractivity contribution in [3.63, 3.8) is 0 Å². The first-order valence-corrected chi connectivity index (χ1v) is 3.74. The number of carbonyl (C=O) groups is 1. The molecule has 6 heteroatoms. The van der Waals surface area contributed by atoms with Crippen LogP contribution in [0.15, 0.2) is 0 Å². The highest BCUT2D eigenvalue weighted by atomic mass is 31.1. The van der Waals surface area contributed by atoms with E-state index in [1.807, 2.05) is 0 Å². The Bertz CT molecular complexity index is 153. The van der Waals surface area contributed by atoms with Crippen molar-refractivity contribution in [3.05, 3.63) is 0 Å². The van der Waals surface area contributed by atoms with Gasteiger partial charge in [0.05, 0.1) is 5.80 Å². The quantitative estimate of drug-likeness (QED) is 0.453. The first-order chi connectivity index (χ1) is 4.54. The van der Waals surface area contributed by atoms with E-state index in [-0.39, 0.29) is 6.42 Å². The fourth-order valence-corrected chi connectivity index (χ4v) is 0.700. The van der Waals surface area contributed by atoms with E-state index in [9.17, 15) is 14.6 Å². The lowest BCUT2D eigenvalue weighted by molar-refractivity contribution is -0.281. The molecule has 5 nitrogen and oxygen atoms in total. The topological polar surface area (TPSA) is 109 Å².